The number of nitrogens with zero attached hydrogens (tertiary/aromatic N) is 1. The minimum atomic E-state index is 0.605. The van der Waals surface area contributed by atoms with E-state index in [1.807, 2.05) is 12.1 Å². The number of hydrogen-bond acceptors (Lipinski definition) is 4. The van der Waals surface area contributed by atoms with Crippen LogP contribution in [0.4, 0.5) is 0 Å². The first-order valence-corrected chi connectivity index (χ1v) is 6.36. The van der Waals surface area contributed by atoms with Gasteiger partial charge in [0.2, 0.25) is 0 Å². The summed E-state index contributed by atoms with van der Waals surface area (Å²) in [7, 11) is 0. The molecule has 0 radical (unpaired) electrons. The van der Waals surface area contributed by atoms with E-state index in [1.54, 1.807) is 0 Å². The van der Waals surface area contributed by atoms with E-state index >= 15 is 0 Å². The second-order valence-electron chi connectivity index (χ2n) is 4.37. The zero-order valence-electron chi connectivity index (χ0n) is 10.5. The highest BCUT2D eigenvalue weighted by atomic mass is 16.6. The highest BCUT2D eigenvalue weighted by Gasteiger charge is 2.14. The van der Waals surface area contributed by atoms with Crippen LogP contribution in [0.1, 0.15) is 19.2 Å². The van der Waals surface area contributed by atoms with Crippen molar-refractivity contribution < 1.29 is 9.47 Å². The second kappa shape index (κ2) is 4.86. The maximum atomic E-state index is 5.55. The van der Waals surface area contributed by atoms with E-state index < -0.39 is 0 Å². The van der Waals surface area contributed by atoms with Crippen LogP contribution in [0.5, 0.6) is 11.5 Å². The van der Waals surface area contributed by atoms with E-state index in [0.29, 0.717) is 13.2 Å². The second-order valence-corrected chi connectivity index (χ2v) is 4.37. The third-order valence-corrected chi connectivity index (χ3v) is 2.91. The van der Waals surface area contributed by atoms with Gasteiger partial charge in [0.1, 0.15) is 19.0 Å². The van der Waals surface area contributed by atoms with Crippen LogP contribution in [-0.2, 0) is 6.54 Å². The number of ether oxygens (including phenoxy) is 2. The molecule has 1 aliphatic rings. The van der Waals surface area contributed by atoms with E-state index in [0.717, 1.165) is 47.9 Å². The van der Waals surface area contributed by atoms with Crippen molar-refractivity contribution in [2.75, 3.05) is 19.8 Å². The molecule has 3 rings (SSSR count). The molecule has 1 aliphatic heterocycles. The Morgan fingerprint density at radius 2 is 2.06 bits per heavy atom. The first-order valence-electron chi connectivity index (χ1n) is 6.36. The summed E-state index contributed by atoms with van der Waals surface area (Å²) in [6.07, 6.45) is 1.12. The van der Waals surface area contributed by atoms with Gasteiger partial charge in [-0.15, -0.1) is 0 Å². The Balaban J connectivity index is 1.87. The zero-order valence-corrected chi connectivity index (χ0v) is 10.5. The summed E-state index contributed by atoms with van der Waals surface area (Å²) in [6.45, 7) is 5.12. The van der Waals surface area contributed by atoms with Crippen molar-refractivity contribution in [1.29, 1.82) is 0 Å². The predicted octanol–water partition coefficient (Wildman–Crippen LogP) is 1.83. The summed E-state index contributed by atoms with van der Waals surface area (Å²) in [4.78, 5) is 7.83. The third-order valence-electron chi connectivity index (χ3n) is 2.91. The lowest BCUT2D eigenvalue weighted by Crippen LogP contribution is -2.15. The van der Waals surface area contributed by atoms with Gasteiger partial charge in [0.25, 0.3) is 0 Å². The smallest absolute Gasteiger partial charge is 0.163 e. The largest absolute Gasteiger partial charge is 0.486 e. The lowest BCUT2D eigenvalue weighted by molar-refractivity contribution is 0.172. The molecule has 0 aliphatic carbocycles. The summed E-state index contributed by atoms with van der Waals surface area (Å²) < 4.78 is 11.1. The maximum absolute atomic E-state index is 5.55. The van der Waals surface area contributed by atoms with Gasteiger partial charge in [-0.3, -0.25) is 0 Å². The Morgan fingerprint density at radius 3 is 2.83 bits per heavy atom. The Morgan fingerprint density at radius 1 is 1.28 bits per heavy atom. The van der Waals surface area contributed by atoms with Gasteiger partial charge in [-0.2, -0.15) is 0 Å². The van der Waals surface area contributed by atoms with Crippen LogP contribution in [0.15, 0.2) is 12.1 Å². The number of aromatic amines is 1. The molecule has 0 saturated carbocycles. The van der Waals surface area contributed by atoms with Gasteiger partial charge in [-0.1, -0.05) is 6.92 Å². The molecule has 96 valence electrons. The summed E-state index contributed by atoms with van der Waals surface area (Å²) in [5, 5.41) is 3.33. The van der Waals surface area contributed by atoms with Crippen LogP contribution in [-0.4, -0.2) is 29.7 Å². The molecule has 0 unspecified atom stereocenters. The number of benzene rings is 1. The lowest BCUT2D eigenvalue weighted by atomic mass is 10.2. The number of fused-ring (bicyclic) bond motifs is 2. The molecule has 0 amide bonds. The molecule has 2 aromatic rings. The summed E-state index contributed by atoms with van der Waals surface area (Å²) >= 11 is 0. The molecule has 0 atom stereocenters. The number of H-pyrrole nitrogens is 1. The lowest BCUT2D eigenvalue weighted by Gasteiger charge is -2.17. The zero-order chi connectivity index (χ0) is 12.4. The molecule has 2 N–H and O–H groups in total. The quantitative estimate of drug-likeness (QED) is 0.809. The van der Waals surface area contributed by atoms with Crippen molar-refractivity contribution in [3.63, 3.8) is 0 Å². The number of hydrogen-bond donors (Lipinski definition) is 2. The van der Waals surface area contributed by atoms with Gasteiger partial charge < -0.3 is 19.8 Å². The number of imidazole rings is 1. The SMILES string of the molecule is CCCNCc1nc2cc3c(cc2[nH]1)OCCO3. The van der Waals surface area contributed by atoms with Crippen LogP contribution in [0.25, 0.3) is 11.0 Å². The Hall–Kier alpha value is -1.75. The highest BCUT2D eigenvalue weighted by Crippen LogP contribution is 2.33. The Labute approximate surface area is 106 Å². The number of aromatic nitrogens is 2. The topological polar surface area (TPSA) is 59.2 Å². The van der Waals surface area contributed by atoms with Gasteiger partial charge in [-0.05, 0) is 13.0 Å². The van der Waals surface area contributed by atoms with Gasteiger partial charge in [0.15, 0.2) is 11.5 Å². The fourth-order valence-electron chi connectivity index (χ4n) is 2.07. The average Bonchev–Trinajstić information content (AvgIpc) is 2.77. The molecule has 5 nitrogen and oxygen atoms in total. The maximum Gasteiger partial charge on any atom is 0.163 e. The van der Waals surface area contributed by atoms with Crippen molar-refractivity contribution in [3.05, 3.63) is 18.0 Å². The normalized spacial score (nSPS) is 14.1. The third kappa shape index (κ3) is 2.13. The minimum absolute atomic E-state index is 0.605. The molecular weight excluding hydrogens is 230 g/mol. The van der Waals surface area contributed by atoms with Crippen LogP contribution in [0, 0.1) is 0 Å². The Kier molecular flexibility index (Phi) is 3.06. The molecule has 1 aromatic heterocycles. The molecule has 1 aromatic carbocycles. The summed E-state index contributed by atoms with van der Waals surface area (Å²) in [5.74, 6) is 2.53. The molecule has 0 spiro atoms. The number of nitrogens with one attached hydrogen (secondary N) is 2. The fraction of sp³-hybridized carbons (Fsp3) is 0.462. The fourth-order valence-corrected chi connectivity index (χ4v) is 2.07. The first-order chi connectivity index (χ1) is 8.86. The summed E-state index contributed by atoms with van der Waals surface area (Å²) in [5.41, 5.74) is 1.92. The average molecular weight is 247 g/mol. The predicted molar refractivity (Wildman–Crippen MR) is 69.1 cm³/mol. The first kappa shape index (κ1) is 11.3. The Bertz CT molecular complexity index is 507. The van der Waals surface area contributed by atoms with Crippen molar-refractivity contribution >= 4 is 11.0 Å². The summed E-state index contributed by atoms with van der Waals surface area (Å²) in [6, 6.07) is 3.89. The van der Waals surface area contributed by atoms with Crippen molar-refractivity contribution in [2.24, 2.45) is 0 Å². The molecular formula is C13H17N3O2. The van der Waals surface area contributed by atoms with Gasteiger partial charge in [-0.25, -0.2) is 4.98 Å². The van der Waals surface area contributed by atoms with Crippen molar-refractivity contribution in [1.82, 2.24) is 15.3 Å². The minimum Gasteiger partial charge on any atom is -0.486 e. The van der Waals surface area contributed by atoms with Crippen LogP contribution in [0.3, 0.4) is 0 Å². The van der Waals surface area contributed by atoms with Crippen molar-refractivity contribution in [3.8, 4) is 11.5 Å². The van der Waals surface area contributed by atoms with E-state index in [4.69, 9.17) is 9.47 Å². The highest BCUT2D eigenvalue weighted by molar-refractivity contribution is 5.79. The van der Waals surface area contributed by atoms with Crippen LogP contribution >= 0.6 is 0 Å². The van der Waals surface area contributed by atoms with Crippen LogP contribution < -0.4 is 14.8 Å². The van der Waals surface area contributed by atoms with E-state index in [9.17, 15) is 0 Å². The van der Waals surface area contributed by atoms with Crippen LogP contribution in [0.2, 0.25) is 0 Å². The molecule has 5 heteroatoms. The standard InChI is InChI=1S/C13H17N3O2/c1-2-3-14-8-13-15-9-6-11-12(7-10(9)16-13)18-5-4-17-11/h6-7,14H,2-5,8H2,1H3,(H,15,16). The van der Waals surface area contributed by atoms with Crippen molar-refractivity contribution in [2.45, 2.75) is 19.9 Å². The number of rotatable bonds is 4. The van der Waals surface area contributed by atoms with Gasteiger partial charge in [0.05, 0.1) is 17.6 Å². The molecule has 0 saturated heterocycles. The van der Waals surface area contributed by atoms with E-state index in [2.05, 4.69) is 22.2 Å². The monoisotopic (exact) mass is 247 g/mol. The van der Waals surface area contributed by atoms with Gasteiger partial charge >= 0.3 is 0 Å². The molecule has 18 heavy (non-hydrogen) atoms. The van der Waals surface area contributed by atoms with E-state index in [-0.39, 0.29) is 0 Å². The molecule has 2 heterocycles. The molecule has 0 bridgehead atoms. The van der Waals surface area contributed by atoms with Gasteiger partial charge in [0, 0.05) is 12.1 Å². The van der Waals surface area contributed by atoms with E-state index in [1.165, 1.54) is 0 Å². The molecule has 0 fully saturated rings.